The molecular weight excluding hydrogens is 244 g/mol. The Morgan fingerprint density at radius 2 is 2.24 bits per heavy atom. The number of hydrogen-bond acceptors (Lipinski definition) is 3. The zero-order chi connectivity index (χ0) is 12.8. The molecule has 5 heteroatoms. The van der Waals surface area contributed by atoms with Crippen LogP contribution in [0, 0.1) is 0 Å². The second-order valence-corrected chi connectivity index (χ2v) is 4.04. The monoisotopic (exact) mass is 258 g/mol. The molecule has 0 aromatic heterocycles. The molecule has 4 nitrogen and oxygen atoms in total. The third-order valence-corrected chi connectivity index (χ3v) is 2.54. The van der Waals surface area contributed by atoms with Gasteiger partial charge in [0.1, 0.15) is 5.56 Å². The molecule has 0 aliphatic heterocycles. The largest absolute Gasteiger partial charge is 0.488 e. The van der Waals surface area contributed by atoms with Gasteiger partial charge in [-0.1, -0.05) is 17.7 Å². The highest BCUT2D eigenvalue weighted by Gasteiger charge is 2.16. The molecule has 1 N–H and O–H groups in total. The number of ether oxygens (including phenoxy) is 2. The van der Waals surface area contributed by atoms with E-state index in [2.05, 4.69) is 0 Å². The molecule has 1 unspecified atom stereocenters. The topological polar surface area (TPSA) is 55.8 Å². The van der Waals surface area contributed by atoms with E-state index in [1.807, 2.05) is 6.92 Å². The van der Waals surface area contributed by atoms with Gasteiger partial charge in [0.15, 0.2) is 5.75 Å². The van der Waals surface area contributed by atoms with Gasteiger partial charge in [-0.15, -0.1) is 0 Å². The van der Waals surface area contributed by atoms with Gasteiger partial charge in [0.25, 0.3) is 0 Å². The van der Waals surface area contributed by atoms with Crippen molar-refractivity contribution >= 4 is 17.6 Å². The van der Waals surface area contributed by atoms with Gasteiger partial charge in [-0.25, -0.2) is 4.79 Å². The lowest BCUT2D eigenvalue weighted by atomic mass is 10.2. The van der Waals surface area contributed by atoms with Crippen LogP contribution in [0.1, 0.15) is 23.7 Å². The van der Waals surface area contributed by atoms with Crippen LogP contribution in [0.2, 0.25) is 5.02 Å². The molecule has 0 saturated heterocycles. The predicted octanol–water partition coefficient (Wildman–Crippen LogP) is 2.84. The molecule has 0 aliphatic rings. The van der Waals surface area contributed by atoms with E-state index < -0.39 is 5.97 Å². The number of carbonyl (C=O) groups is 1. The molecule has 0 radical (unpaired) electrons. The summed E-state index contributed by atoms with van der Waals surface area (Å²) in [6.07, 6.45) is 0.508. The summed E-state index contributed by atoms with van der Waals surface area (Å²) in [6.45, 7) is 2.39. The number of rotatable bonds is 6. The van der Waals surface area contributed by atoms with Crippen LogP contribution >= 0.6 is 11.6 Å². The van der Waals surface area contributed by atoms with Crippen molar-refractivity contribution in [3.63, 3.8) is 0 Å². The van der Waals surface area contributed by atoms with Gasteiger partial charge >= 0.3 is 5.97 Å². The van der Waals surface area contributed by atoms with Crippen LogP contribution in [0.5, 0.6) is 5.75 Å². The summed E-state index contributed by atoms with van der Waals surface area (Å²) in [5.74, 6) is -0.841. The Morgan fingerprint density at radius 3 is 2.82 bits per heavy atom. The van der Waals surface area contributed by atoms with E-state index in [9.17, 15) is 4.79 Å². The van der Waals surface area contributed by atoms with E-state index in [-0.39, 0.29) is 17.4 Å². The highest BCUT2D eigenvalue weighted by molar-refractivity contribution is 6.32. The van der Waals surface area contributed by atoms with E-state index in [4.69, 9.17) is 26.2 Å². The normalized spacial score (nSPS) is 12.2. The molecule has 1 aromatic rings. The second kappa shape index (κ2) is 6.47. The van der Waals surface area contributed by atoms with Crippen LogP contribution < -0.4 is 4.74 Å². The maximum Gasteiger partial charge on any atom is 0.339 e. The Kier molecular flexibility index (Phi) is 5.25. The minimum atomic E-state index is -1.05. The molecule has 1 aromatic carbocycles. The Bertz CT molecular complexity index is 392. The zero-order valence-corrected chi connectivity index (χ0v) is 10.5. The van der Waals surface area contributed by atoms with Gasteiger partial charge in [0, 0.05) is 20.1 Å². The standard InChI is InChI=1S/C12H15ClO4/c1-8(6-7-16-2)17-11-9(12(14)15)4-3-5-10(11)13/h3-5,8H,6-7H2,1-2H3,(H,14,15). The van der Waals surface area contributed by atoms with Gasteiger partial charge in [-0.05, 0) is 19.1 Å². The Hall–Kier alpha value is -1.26. The Morgan fingerprint density at radius 1 is 1.53 bits per heavy atom. The fourth-order valence-corrected chi connectivity index (χ4v) is 1.56. The summed E-state index contributed by atoms with van der Waals surface area (Å²) in [6, 6.07) is 4.65. The minimum Gasteiger partial charge on any atom is -0.488 e. The third-order valence-electron chi connectivity index (χ3n) is 2.24. The van der Waals surface area contributed by atoms with Crippen molar-refractivity contribution < 1.29 is 19.4 Å². The van der Waals surface area contributed by atoms with E-state index in [0.29, 0.717) is 18.1 Å². The van der Waals surface area contributed by atoms with Crippen molar-refractivity contribution in [1.29, 1.82) is 0 Å². The first-order chi connectivity index (χ1) is 8.06. The van der Waals surface area contributed by atoms with Crippen LogP contribution in [-0.2, 0) is 4.74 Å². The fourth-order valence-electron chi connectivity index (χ4n) is 1.34. The first-order valence-corrected chi connectivity index (χ1v) is 5.61. The summed E-state index contributed by atoms with van der Waals surface area (Å²) in [7, 11) is 1.60. The molecular formula is C12H15ClO4. The molecule has 94 valence electrons. The van der Waals surface area contributed by atoms with Gasteiger partial charge < -0.3 is 14.6 Å². The van der Waals surface area contributed by atoms with Crippen LogP contribution in [-0.4, -0.2) is 30.9 Å². The SMILES string of the molecule is COCCC(C)Oc1c(Cl)cccc1C(=O)O. The van der Waals surface area contributed by atoms with E-state index in [1.54, 1.807) is 19.2 Å². The lowest BCUT2D eigenvalue weighted by Gasteiger charge is -2.16. The van der Waals surface area contributed by atoms with Crippen molar-refractivity contribution in [2.75, 3.05) is 13.7 Å². The summed E-state index contributed by atoms with van der Waals surface area (Å²) in [5.41, 5.74) is 0.0711. The van der Waals surface area contributed by atoms with Crippen molar-refractivity contribution in [1.82, 2.24) is 0 Å². The van der Waals surface area contributed by atoms with Gasteiger partial charge in [0.2, 0.25) is 0 Å². The van der Waals surface area contributed by atoms with Crippen molar-refractivity contribution in [3.8, 4) is 5.75 Å². The van der Waals surface area contributed by atoms with Crippen LogP contribution in [0.15, 0.2) is 18.2 Å². The van der Waals surface area contributed by atoms with Crippen LogP contribution in [0.3, 0.4) is 0 Å². The van der Waals surface area contributed by atoms with E-state index in [0.717, 1.165) is 0 Å². The number of para-hydroxylation sites is 1. The summed E-state index contributed by atoms with van der Waals surface area (Å²) >= 11 is 5.93. The Balaban J connectivity index is 2.85. The number of hydrogen-bond donors (Lipinski definition) is 1. The molecule has 0 fully saturated rings. The van der Waals surface area contributed by atoms with Gasteiger partial charge in [-0.3, -0.25) is 0 Å². The maximum atomic E-state index is 11.0. The molecule has 0 heterocycles. The van der Waals surface area contributed by atoms with Crippen molar-refractivity contribution in [2.24, 2.45) is 0 Å². The maximum absolute atomic E-state index is 11.0. The molecule has 0 spiro atoms. The molecule has 0 bridgehead atoms. The summed E-state index contributed by atoms with van der Waals surface area (Å²) in [5, 5.41) is 9.32. The number of carboxylic acids is 1. The summed E-state index contributed by atoms with van der Waals surface area (Å²) < 4.78 is 10.5. The zero-order valence-electron chi connectivity index (χ0n) is 9.77. The lowest BCUT2D eigenvalue weighted by molar-refractivity contribution is 0.0687. The fraction of sp³-hybridized carbons (Fsp3) is 0.417. The first-order valence-electron chi connectivity index (χ1n) is 5.23. The third kappa shape index (κ3) is 3.91. The predicted molar refractivity (Wildman–Crippen MR) is 65.0 cm³/mol. The molecule has 1 atom stereocenters. The highest BCUT2D eigenvalue weighted by Crippen LogP contribution is 2.29. The Labute approximate surface area is 105 Å². The molecule has 0 aliphatic carbocycles. The average Bonchev–Trinajstić information content (AvgIpc) is 2.28. The number of methoxy groups -OCH3 is 1. The molecule has 0 amide bonds. The molecule has 17 heavy (non-hydrogen) atoms. The van der Waals surface area contributed by atoms with E-state index in [1.165, 1.54) is 6.07 Å². The summed E-state index contributed by atoms with van der Waals surface area (Å²) in [4.78, 5) is 11.0. The van der Waals surface area contributed by atoms with Crippen molar-refractivity contribution in [2.45, 2.75) is 19.4 Å². The first kappa shape index (κ1) is 13.8. The smallest absolute Gasteiger partial charge is 0.339 e. The molecule has 1 rings (SSSR count). The van der Waals surface area contributed by atoms with E-state index >= 15 is 0 Å². The van der Waals surface area contributed by atoms with Gasteiger partial charge in [0.05, 0.1) is 11.1 Å². The van der Waals surface area contributed by atoms with Gasteiger partial charge in [-0.2, -0.15) is 0 Å². The second-order valence-electron chi connectivity index (χ2n) is 3.63. The number of benzene rings is 1. The average molecular weight is 259 g/mol. The van der Waals surface area contributed by atoms with Crippen molar-refractivity contribution in [3.05, 3.63) is 28.8 Å². The quantitative estimate of drug-likeness (QED) is 0.852. The number of carboxylic acid groups (broad SMARTS) is 1. The number of aromatic carboxylic acids is 1. The minimum absolute atomic E-state index is 0.0711. The highest BCUT2D eigenvalue weighted by atomic mass is 35.5. The lowest BCUT2D eigenvalue weighted by Crippen LogP contribution is -2.16. The van der Waals surface area contributed by atoms with Crippen LogP contribution in [0.4, 0.5) is 0 Å². The van der Waals surface area contributed by atoms with Crippen LogP contribution in [0.25, 0.3) is 0 Å². The number of halogens is 1. The molecule has 0 saturated carbocycles.